The van der Waals surface area contributed by atoms with E-state index in [1.807, 2.05) is 0 Å². The maximum Gasteiger partial charge on any atom is 0.387 e. The molecule has 4 rings (SSSR count). The Bertz CT molecular complexity index is 1040. The Hall–Kier alpha value is -3.20. The van der Waals surface area contributed by atoms with Crippen molar-refractivity contribution in [2.75, 3.05) is 31.2 Å². The molecule has 9 heteroatoms. The third-order valence-electron chi connectivity index (χ3n) is 4.66. The molecule has 1 aliphatic rings. The average molecular weight is 407 g/mol. The van der Waals surface area contributed by atoms with E-state index >= 15 is 0 Å². The van der Waals surface area contributed by atoms with Crippen LogP contribution in [0.5, 0.6) is 5.75 Å². The number of ether oxygens (including phenoxy) is 2. The fraction of sp³-hybridized carbons (Fsp3) is 0.250. The second-order valence-corrected chi connectivity index (χ2v) is 6.41. The summed E-state index contributed by atoms with van der Waals surface area (Å²) in [4.78, 5) is 13.7. The van der Waals surface area contributed by atoms with Crippen molar-refractivity contribution in [3.8, 4) is 17.1 Å². The van der Waals surface area contributed by atoms with Crippen molar-refractivity contribution < 1.29 is 37.0 Å². The summed E-state index contributed by atoms with van der Waals surface area (Å²) >= 11 is 0. The maximum atomic E-state index is 13.2. The van der Waals surface area contributed by atoms with E-state index in [4.69, 9.17) is 9.15 Å². The van der Waals surface area contributed by atoms with E-state index < -0.39 is 18.4 Å². The number of nitrogens with zero attached hydrogens (tertiary/aromatic N) is 1. The molecule has 29 heavy (non-hydrogen) atoms. The predicted molar refractivity (Wildman–Crippen MR) is 98.2 cm³/mol. The molecule has 3 aromatic rings. The summed E-state index contributed by atoms with van der Waals surface area (Å²) in [5.74, 6) is -1.92. The van der Waals surface area contributed by atoms with Crippen molar-refractivity contribution in [3.63, 3.8) is 0 Å². The monoisotopic (exact) mass is 407 g/mol. The predicted octanol–water partition coefficient (Wildman–Crippen LogP) is 4.38. The Morgan fingerprint density at radius 2 is 1.83 bits per heavy atom. The van der Waals surface area contributed by atoms with Crippen molar-refractivity contribution in [3.05, 3.63) is 47.8 Å². The summed E-state index contributed by atoms with van der Waals surface area (Å²) < 4.78 is 55.0. The fourth-order valence-corrected chi connectivity index (χ4v) is 3.37. The van der Waals surface area contributed by atoms with Crippen LogP contribution in [0.4, 0.5) is 18.9 Å². The minimum absolute atomic E-state index is 0.00891. The fourth-order valence-electron chi connectivity index (χ4n) is 3.37. The van der Waals surface area contributed by atoms with Crippen LogP contribution >= 0.6 is 0 Å². The van der Waals surface area contributed by atoms with Crippen molar-refractivity contribution in [1.29, 1.82) is 0 Å². The number of alkyl halides is 2. The number of rotatable bonds is 5. The third-order valence-corrected chi connectivity index (χ3v) is 4.66. The van der Waals surface area contributed by atoms with Gasteiger partial charge in [0.1, 0.15) is 28.5 Å². The second-order valence-electron chi connectivity index (χ2n) is 6.41. The molecule has 0 unspecified atom stereocenters. The summed E-state index contributed by atoms with van der Waals surface area (Å²) in [6, 6.07) is 7.86. The molecule has 0 bridgehead atoms. The summed E-state index contributed by atoms with van der Waals surface area (Å²) in [5, 5.41) is 9.82. The van der Waals surface area contributed by atoms with Crippen molar-refractivity contribution in [1.82, 2.24) is 0 Å². The van der Waals surface area contributed by atoms with Gasteiger partial charge in [0.25, 0.3) is 0 Å². The topological polar surface area (TPSA) is 72.1 Å². The van der Waals surface area contributed by atoms with Gasteiger partial charge >= 0.3 is 12.6 Å². The number of carbonyl (C=O) groups is 1. The molecule has 0 radical (unpaired) electrons. The zero-order valence-corrected chi connectivity index (χ0v) is 15.0. The number of carboxylic acids is 1. The highest BCUT2D eigenvalue weighted by molar-refractivity contribution is 6.09. The summed E-state index contributed by atoms with van der Waals surface area (Å²) in [6.45, 7) is -1.31. The van der Waals surface area contributed by atoms with Gasteiger partial charge in [0.2, 0.25) is 0 Å². The van der Waals surface area contributed by atoms with Crippen LogP contribution in [-0.4, -0.2) is 44.0 Å². The van der Waals surface area contributed by atoms with E-state index in [0.717, 1.165) is 0 Å². The maximum absolute atomic E-state index is 13.2. The first-order valence-electron chi connectivity index (χ1n) is 8.81. The van der Waals surface area contributed by atoms with Crippen LogP contribution in [0.1, 0.15) is 10.4 Å². The lowest BCUT2D eigenvalue weighted by Gasteiger charge is -2.30. The standard InChI is InChI=1S/C20H16F3NO5/c21-12-3-1-11(2-4-12)18-17(19(25)26)13-9-16(29-20(22)23)14(10-15(13)28-18)24-5-7-27-8-6-24/h1-4,9-10,20H,5-8H2,(H,25,26). The molecule has 1 aromatic heterocycles. The smallest absolute Gasteiger partial charge is 0.387 e. The normalized spacial score (nSPS) is 14.6. The van der Waals surface area contributed by atoms with Gasteiger partial charge in [0.15, 0.2) is 0 Å². The number of furan rings is 1. The number of halogens is 3. The Morgan fingerprint density at radius 3 is 2.45 bits per heavy atom. The summed E-state index contributed by atoms with van der Waals surface area (Å²) in [6.07, 6.45) is 0. The number of benzene rings is 2. The van der Waals surface area contributed by atoms with Crippen LogP contribution in [-0.2, 0) is 4.74 Å². The number of fused-ring (bicyclic) bond motifs is 1. The molecule has 0 aliphatic carbocycles. The summed E-state index contributed by atoms with van der Waals surface area (Å²) in [7, 11) is 0. The Morgan fingerprint density at radius 1 is 1.14 bits per heavy atom. The molecular formula is C20H16F3NO5. The van der Waals surface area contributed by atoms with Crippen molar-refractivity contribution in [2.45, 2.75) is 6.61 Å². The van der Waals surface area contributed by atoms with Gasteiger partial charge in [0, 0.05) is 30.1 Å². The minimum Gasteiger partial charge on any atom is -0.478 e. The molecular weight excluding hydrogens is 391 g/mol. The van der Waals surface area contributed by atoms with Gasteiger partial charge in [0.05, 0.1) is 18.9 Å². The average Bonchev–Trinajstić information content (AvgIpc) is 3.06. The lowest BCUT2D eigenvalue weighted by Crippen LogP contribution is -2.36. The molecule has 0 spiro atoms. The Labute approximate surface area is 163 Å². The van der Waals surface area contributed by atoms with E-state index in [1.165, 1.54) is 36.4 Å². The molecule has 2 aromatic carbocycles. The molecule has 1 aliphatic heterocycles. The molecule has 1 fully saturated rings. The van der Waals surface area contributed by atoms with Gasteiger partial charge in [-0.15, -0.1) is 0 Å². The highest BCUT2D eigenvalue weighted by Crippen LogP contribution is 2.41. The Kier molecular flexibility index (Phi) is 5.06. The first-order chi connectivity index (χ1) is 13.9. The van der Waals surface area contributed by atoms with Gasteiger partial charge in [-0.3, -0.25) is 0 Å². The van der Waals surface area contributed by atoms with Gasteiger partial charge in [-0.05, 0) is 30.3 Å². The lowest BCUT2D eigenvalue weighted by molar-refractivity contribution is -0.0495. The van der Waals surface area contributed by atoms with Crippen LogP contribution < -0.4 is 9.64 Å². The number of hydrogen-bond donors (Lipinski definition) is 1. The molecule has 0 atom stereocenters. The van der Waals surface area contributed by atoms with Crippen molar-refractivity contribution in [2.24, 2.45) is 0 Å². The molecule has 0 amide bonds. The van der Waals surface area contributed by atoms with Crippen LogP contribution in [0.3, 0.4) is 0 Å². The van der Waals surface area contributed by atoms with E-state index in [-0.39, 0.29) is 28.0 Å². The van der Waals surface area contributed by atoms with E-state index in [9.17, 15) is 23.1 Å². The number of morpholine rings is 1. The number of aromatic carboxylic acids is 1. The third kappa shape index (κ3) is 3.73. The Balaban J connectivity index is 1.91. The summed E-state index contributed by atoms with van der Waals surface area (Å²) in [5.41, 5.74) is 0.700. The van der Waals surface area contributed by atoms with E-state index in [2.05, 4.69) is 4.74 Å². The molecule has 0 saturated carbocycles. The van der Waals surface area contributed by atoms with Gasteiger partial charge in [-0.2, -0.15) is 8.78 Å². The first-order valence-corrected chi connectivity index (χ1v) is 8.81. The van der Waals surface area contributed by atoms with Gasteiger partial charge < -0.3 is 23.9 Å². The molecule has 2 heterocycles. The first kappa shape index (κ1) is 19.1. The lowest BCUT2D eigenvalue weighted by atomic mass is 10.0. The number of anilines is 1. The van der Waals surface area contributed by atoms with Gasteiger partial charge in [-0.25, -0.2) is 9.18 Å². The van der Waals surface area contributed by atoms with Gasteiger partial charge in [-0.1, -0.05) is 0 Å². The number of hydrogen-bond acceptors (Lipinski definition) is 5. The number of carboxylic acid groups (broad SMARTS) is 1. The van der Waals surface area contributed by atoms with E-state index in [0.29, 0.717) is 37.6 Å². The molecule has 1 saturated heterocycles. The SMILES string of the molecule is O=C(O)c1c(-c2ccc(F)cc2)oc2cc(N3CCOCC3)c(OC(F)F)cc12. The minimum atomic E-state index is -3.08. The zero-order chi connectivity index (χ0) is 20.5. The largest absolute Gasteiger partial charge is 0.478 e. The van der Waals surface area contributed by atoms with Crippen LogP contribution in [0.2, 0.25) is 0 Å². The quantitative estimate of drug-likeness (QED) is 0.677. The zero-order valence-electron chi connectivity index (χ0n) is 15.0. The molecule has 6 nitrogen and oxygen atoms in total. The highest BCUT2D eigenvalue weighted by atomic mass is 19.3. The van der Waals surface area contributed by atoms with Crippen molar-refractivity contribution >= 4 is 22.6 Å². The van der Waals surface area contributed by atoms with E-state index in [1.54, 1.807) is 4.90 Å². The van der Waals surface area contributed by atoms with Crippen LogP contribution in [0.15, 0.2) is 40.8 Å². The highest BCUT2D eigenvalue weighted by Gasteiger charge is 2.26. The van der Waals surface area contributed by atoms with Crippen LogP contribution in [0, 0.1) is 5.82 Å². The second kappa shape index (κ2) is 7.67. The van der Waals surface area contributed by atoms with Crippen LogP contribution in [0.25, 0.3) is 22.3 Å². The molecule has 1 N–H and O–H groups in total. The molecule has 152 valence electrons.